The average Bonchev–Trinajstić information content (AvgIpc) is 3.43. The van der Waals surface area contributed by atoms with Crippen molar-refractivity contribution in [2.75, 3.05) is 12.4 Å². The van der Waals surface area contributed by atoms with Crippen molar-refractivity contribution >= 4 is 11.6 Å². The van der Waals surface area contributed by atoms with Crippen molar-refractivity contribution in [1.29, 1.82) is 0 Å². The van der Waals surface area contributed by atoms with Crippen LogP contribution in [-0.2, 0) is 13.2 Å². The zero-order valence-electron chi connectivity index (χ0n) is 16.7. The van der Waals surface area contributed by atoms with Gasteiger partial charge in [0.1, 0.15) is 0 Å². The molecular weight excluding hydrogens is 429 g/mol. The summed E-state index contributed by atoms with van der Waals surface area (Å²) in [4.78, 5) is 24.1. The molecule has 4 aromatic rings. The minimum atomic E-state index is -4.70. The van der Waals surface area contributed by atoms with Crippen LogP contribution >= 0.6 is 0 Å². The van der Waals surface area contributed by atoms with Gasteiger partial charge < -0.3 is 10.1 Å². The summed E-state index contributed by atoms with van der Waals surface area (Å²) >= 11 is 0. The second-order valence-electron chi connectivity index (χ2n) is 6.53. The Morgan fingerprint density at radius 1 is 1.16 bits per heavy atom. The number of aromatic nitrogens is 7. The number of alkyl halides is 3. The summed E-state index contributed by atoms with van der Waals surface area (Å²) in [6, 6.07) is 5.30. The molecule has 0 spiro atoms. The van der Waals surface area contributed by atoms with Gasteiger partial charge in [-0.3, -0.25) is 9.48 Å². The molecule has 1 N–H and O–H groups in total. The number of methoxy groups -OCH3 is 1. The van der Waals surface area contributed by atoms with Gasteiger partial charge in [0, 0.05) is 31.1 Å². The van der Waals surface area contributed by atoms with Gasteiger partial charge >= 0.3 is 6.18 Å². The van der Waals surface area contributed by atoms with E-state index in [0.717, 1.165) is 10.7 Å². The standard InChI is InChI=1S/C19H15F3N8O2/c1-29-10-11(8-24-29)14-7-15(19(20,21)22)27-18(26-14)30-6-5-13(28-30)17(31)25-12-3-4-16(32-2)23-9-12/h3-10H,1-2H3,(H,25,31). The number of pyridine rings is 1. The van der Waals surface area contributed by atoms with Crippen LogP contribution < -0.4 is 10.1 Å². The summed E-state index contributed by atoms with van der Waals surface area (Å²) in [5.41, 5.74) is -0.420. The van der Waals surface area contributed by atoms with E-state index in [4.69, 9.17) is 4.74 Å². The highest BCUT2D eigenvalue weighted by Gasteiger charge is 2.34. The van der Waals surface area contributed by atoms with Crippen molar-refractivity contribution in [3.63, 3.8) is 0 Å². The Labute approximate surface area is 178 Å². The number of nitrogens with one attached hydrogen (secondary N) is 1. The molecule has 0 aliphatic rings. The smallest absolute Gasteiger partial charge is 0.433 e. The molecule has 32 heavy (non-hydrogen) atoms. The van der Waals surface area contributed by atoms with Crippen LogP contribution in [0, 0.1) is 0 Å². The molecule has 0 saturated carbocycles. The van der Waals surface area contributed by atoms with Crippen molar-refractivity contribution in [3.8, 4) is 23.1 Å². The molecule has 10 nitrogen and oxygen atoms in total. The number of hydrogen-bond donors (Lipinski definition) is 1. The van der Waals surface area contributed by atoms with Crippen LogP contribution in [0.2, 0.25) is 0 Å². The van der Waals surface area contributed by atoms with E-state index in [1.807, 2.05) is 0 Å². The third-order valence-corrected chi connectivity index (χ3v) is 4.24. The van der Waals surface area contributed by atoms with E-state index in [-0.39, 0.29) is 17.3 Å². The zero-order chi connectivity index (χ0) is 22.9. The monoisotopic (exact) mass is 444 g/mol. The van der Waals surface area contributed by atoms with Gasteiger partial charge in [0.05, 0.1) is 30.9 Å². The molecule has 0 atom stereocenters. The lowest BCUT2D eigenvalue weighted by Crippen LogP contribution is -2.15. The number of ether oxygens (including phenoxy) is 1. The van der Waals surface area contributed by atoms with Crippen molar-refractivity contribution in [1.82, 2.24) is 34.5 Å². The number of aryl methyl sites for hydroxylation is 1. The topological polar surface area (TPSA) is 113 Å². The quantitative estimate of drug-likeness (QED) is 0.504. The highest BCUT2D eigenvalue weighted by molar-refractivity contribution is 6.02. The first-order valence-electron chi connectivity index (χ1n) is 9.05. The number of halogens is 3. The van der Waals surface area contributed by atoms with Crippen LogP contribution in [-0.4, -0.2) is 47.5 Å². The number of hydrogen-bond acceptors (Lipinski definition) is 7. The van der Waals surface area contributed by atoms with Crippen LogP contribution in [0.15, 0.2) is 49.1 Å². The van der Waals surface area contributed by atoms with Gasteiger partial charge in [0.15, 0.2) is 11.4 Å². The maximum absolute atomic E-state index is 13.4. The molecule has 13 heteroatoms. The van der Waals surface area contributed by atoms with Crippen LogP contribution in [0.3, 0.4) is 0 Å². The Morgan fingerprint density at radius 2 is 1.97 bits per heavy atom. The second-order valence-corrected chi connectivity index (χ2v) is 6.53. The average molecular weight is 444 g/mol. The van der Waals surface area contributed by atoms with E-state index < -0.39 is 17.8 Å². The summed E-state index contributed by atoms with van der Waals surface area (Å²) in [5.74, 6) is -0.558. The fourth-order valence-corrected chi connectivity index (χ4v) is 2.71. The maximum atomic E-state index is 13.4. The Kier molecular flexibility index (Phi) is 5.30. The van der Waals surface area contributed by atoms with Crippen molar-refractivity contribution in [3.05, 3.63) is 60.4 Å². The molecule has 4 rings (SSSR count). The molecule has 4 aromatic heterocycles. The minimum absolute atomic E-state index is 0.0150. The fourth-order valence-electron chi connectivity index (χ4n) is 2.71. The van der Waals surface area contributed by atoms with Crippen LogP contribution in [0.5, 0.6) is 5.88 Å². The molecule has 4 heterocycles. The zero-order valence-corrected chi connectivity index (χ0v) is 16.7. The van der Waals surface area contributed by atoms with Gasteiger partial charge in [-0.2, -0.15) is 23.4 Å². The van der Waals surface area contributed by atoms with E-state index in [9.17, 15) is 18.0 Å². The van der Waals surface area contributed by atoms with E-state index in [1.165, 1.54) is 42.6 Å². The van der Waals surface area contributed by atoms with Gasteiger partial charge in [-0.15, -0.1) is 0 Å². The van der Waals surface area contributed by atoms with Gasteiger partial charge in [0.2, 0.25) is 5.88 Å². The first-order valence-corrected chi connectivity index (χ1v) is 9.05. The van der Waals surface area contributed by atoms with Gasteiger partial charge in [-0.05, 0) is 18.2 Å². The van der Waals surface area contributed by atoms with E-state index in [0.29, 0.717) is 17.1 Å². The molecule has 1 amide bonds. The first-order chi connectivity index (χ1) is 15.2. The van der Waals surface area contributed by atoms with E-state index in [1.54, 1.807) is 19.2 Å². The number of amides is 1. The number of rotatable bonds is 5. The first kappa shape index (κ1) is 21.0. The summed E-state index contributed by atoms with van der Waals surface area (Å²) in [7, 11) is 3.09. The molecule has 0 radical (unpaired) electrons. The Bertz CT molecular complexity index is 1260. The van der Waals surface area contributed by atoms with Crippen LogP contribution in [0.1, 0.15) is 16.2 Å². The lowest BCUT2D eigenvalue weighted by atomic mass is 10.2. The molecule has 0 saturated heterocycles. The molecular formula is C19H15F3N8O2. The SMILES string of the molecule is COc1ccc(NC(=O)c2ccn(-c3nc(-c4cnn(C)c4)cc(C(F)(F)F)n3)n2)cn1. The Balaban J connectivity index is 1.64. The molecule has 0 aromatic carbocycles. The molecule has 0 aliphatic heterocycles. The number of carbonyl (C=O) groups excluding carboxylic acids is 1. The van der Waals surface area contributed by atoms with Crippen LogP contribution in [0.4, 0.5) is 18.9 Å². The number of anilines is 1. The fraction of sp³-hybridized carbons (Fsp3) is 0.158. The molecule has 164 valence electrons. The van der Waals surface area contributed by atoms with Crippen molar-refractivity contribution in [2.24, 2.45) is 7.05 Å². The van der Waals surface area contributed by atoms with Crippen molar-refractivity contribution < 1.29 is 22.7 Å². The third kappa shape index (κ3) is 4.40. The summed E-state index contributed by atoms with van der Waals surface area (Å²) in [6.07, 6.45) is 0.894. The minimum Gasteiger partial charge on any atom is -0.481 e. The molecule has 0 fully saturated rings. The predicted molar refractivity (Wildman–Crippen MR) is 105 cm³/mol. The van der Waals surface area contributed by atoms with Crippen LogP contribution in [0.25, 0.3) is 17.2 Å². The molecule has 0 aliphatic carbocycles. The summed E-state index contributed by atoms with van der Waals surface area (Å²) in [5, 5.41) is 10.6. The Hall–Kier alpha value is -4.29. The lowest BCUT2D eigenvalue weighted by Gasteiger charge is -2.09. The molecule has 0 unspecified atom stereocenters. The van der Waals surface area contributed by atoms with Gasteiger partial charge in [-0.25, -0.2) is 19.6 Å². The summed E-state index contributed by atoms with van der Waals surface area (Å²) < 4.78 is 47.6. The maximum Gasteiger partial charge on any atom is 0.433 e. The van der Waals surface area contributed by atoms with E-state index in [2.05, 4.69) is 30.5 Å². The number of carbonyl (C=O) groups is 1. The lowest BCUT2D eigenvalue weighted by molar-refractivity contribution is -0.141. The van der Waals surface area contributed by atoms with Gasteiger partial charge in [0.25, 0.3) is 11.9 Å². The Morgan fingerprint density at radius 3 is 2.59 bits per heavy atom. The second kappa shape index (κ2) is 8.09. The van der Waals surface area contributed by atoms with Crippen molar-refractivity contribution in [2.45, 2.75) is 6.18 Å². The largest absolute Gasteiger partial charge is 0.481 e. The predicted octanol–water partition coefficient (Wildman–Crippen LogP) is 2.74. The normalized spacial score (nSPS) is 11.4. The highest BCUT2D eigenvalue weighted by atomic mass is 19.4. The van der Waals surface area contributed by atoms with E-state index >= 15 is 0 Å². The highest BCUT2D eigenvalue weighted by Crippen LogP contribution is 2.30. The summed E-state index contributed by atoms with van der Waals surface area (Å²) in [6.45, 7) is 0. The van der Waals surface area contributed by atoms with Gasteiger partial charge in [-0.1, -0.05) is 0 Å². The third-order valence-electron chi connectivity index (χ3n) is 4.24. The number of nitrogens with zero attached hydrogens (tertiary/aromatic N) is 7. The molecule has 0 bridgehead atoms.